The van der Waals surface area contributed by atoms with E-state index in [1.807, 2.05) is 7.05 Å². The van der Waals surface area contributed by atoms with E-state index >= 15 is 0 Å². The summed E-state index contributed by atoms with van der Waals surface area (Å²) in [5, 5.41) is 3.28. The first kappa shape index (κ1) is 13.5. The molecule has 96 valence electrons. The van der Waals surface area contributed by atoms with Gasteiger partial charge in [-0.2, -0.15) is 4.37 Å². The van der Waals surface area contributed by atoms with E-state index in [2.05, 4.69) is 52.8 Å². The highest BCUT2D eigenvalue weighted by molar-refractivity contribution is 8.01. The van der Waals surface area contributed by atoms with Crippen molar-refractivity contribution in [1.29, 1.82) is 0 Å². The van der Waals surface area contributed by atoms with E-state index in [9.17, 15) is 0 Å². The zero-order valence-electron chi connectivity index (χ0n) is 10.8. The van der Waals surface area contributed by atoms with Crippen LogP contribution in [0.2, 0.25) is 0 Å². The van der Waals surface area contributed by atoms with Crippen molar-refractivity contribution >= 4 is 23.3 Å². The minimum absolute atomic E-state index is 0.340. The smallest absolute Gasteiger partial charge is 0.174 e. The van der Waals surface area contributed by atoms with Crippen LogP contribution in [0.3, 0.4) is 0 Å². The second-order valence-electron chi connectivity index (χ2n) is 3.98. The summed E-state index contributed by atoms with van der Waals surface area (Å²) in [5.74, 6) is 0.932. The highest BCUT2D eigenvalue weighted by atomic mass is 32.2. The number of nitrogens with one attached hydrogen (secondary N) is 1. The standard InChI is InChI=1S/C13H17N3S2/c1-4-12-15-13(18-16-12)17-11-8-6-5-7-10(11)9(2)14-3/h5-9,14H,4H2,1-3H3. The van der Waals surface area contributed by atoms with Crippen LogP contribution in [-0.2, 0) is 6.42 Å². The average molecular weight is 279 g/mol. The van der Waals surface area contributed by atoms with Gasteiger partial charge in [0.25, 0.3) is 0 Å². The third kappa shape index (κ3) is 3.10. The molecule has 0 amide bonds. The summed E-state index contributed by atoms with van der Waals surface area (Å²) >= 11 is 3.18. The first-order chi connectivity index (χ1) is 8.74. The number of rotatable bonds is 5. The fourth-order valence-corrected chi connectivity index (χ4v) is 3.48. The van der Waals surface area contributed by atoms with Gasteiger partial charge in [0.1, 0.15) is 5.82 Å². The molecule has 0 fully saturated rings. The number of benzene rings is 1. The topological polar surface area (TPSA) is 37.8 Å². The number of aromatic nitrogens is 2. The summed E-state index contributed by atoms with van der Waals surface area (Å²) in [6.07, 6.45) is 0.894. The Kier molecular flexibility index (Phi) is 4.74. The van der Waals surface area contributed by atoms with Crippen molar-refractivity contribution in [3.8, 4) is 0 Å². The summed E-state index contributed by atoms with van der Waals surface area (Å²) in [4.78, 5) is 5.75. The Morgan fingerprint density at radius 3 is 2.83 bits per heavy atom. The van der Waals surface area contributed by atoms with Crippen molar-refractivity contribution in [3.05, 3.63) is 35.7 Å². The van der Waals surface area contributed by atoms with Crippen LogP contribution in [0, 0.1) is 0 Å². The normalized spacial score (nSPS) is 12.6. The number of hydrogen-bond acceptors (Lipinski definition) is 5. The molecule has 0 radical (unpaired) electrons. The zero-order valence-corrected chi connectivity index (χ0v) is 12.4. The molecule has 1 unspecified atom stereocenters. The molecule has 0 bridgehead atoms. The molecule has 1 aromatic carbocycles. The number of aryl methyl sites for hydroxylation is 1. The van der Waals surface area contributed by atoms with Crippen LogP contribution >= 0.6 is 23.3 Å². The van der Waals surface area contributed by atoms with Crippen LogP contribution in [0.5, 0.6) is 0 Å². The maximum Gasteiger partial charge on any atom is 0.174 e. The molecule has 1 aromatic heterocycles. The van der Waals surface area contributed by atoms with Gasteiger partial charge in [0.15, 0.2) is 4.34 Å². The molecular weight excluding hydrogens is 262 g/mol. The Balaban J connectivity index is 2.23. The van der Waals surface area contributed by atoms with Crippen molar-refractivity contribution in [1.82, 2.24) is 14.7 Å². The van der Waals surface area contributed by atoms with Crippen molar-refractivity contribution in [2.75, 3.05) is 7.05 Å². The number of hydrogen-bond donors (Lipinski definition) is 1. The van der Waals surface area contributed by atoms with Crippen LogP contribution in [0.25, 0.3) is 0 Å². The third-order valence-corrected chi connectivity index (χ3v) is 4.66. The Hall–Kier alpha value is -0.910. The largest absolute Gasteiger partial charge is 0.313 e. The van der Waals surface area contributed by atoms with Crippen LogP contribution in [0.1, 0.15) is 31.3 Å². The van der Waals surface area contributed by atoms with Crippen LogP contribution in [0.15, 0.2) is 33.5 Å². The fraction of sp³-hybridized carbons (Fsp3) is 0.385. The highest BCUT2D eigenvalue weighted by Gasteiger charge is 2.11. The predicted octanol–water partition coefficient (Wildman–Crippen LogP) is 3.53. The summed E-state index contributed by atoms with van der Waals surface area (Å²) in [6.45, 7) is 4.24. The molecule has 2 aromatic rings. The van der Waals surface area contributed by atoms with Gasteiger partial charge in [-0.1, -0.05) is 36.9 Å². The van der Waals surface area contributed by atoms with Gasteiger partial charge in [-0.3, -0.25) is 0 Å². The SMILES string of the molecule is CCc1nsc(Sc2ccccc2C(C)NC)n1. The van der Waals surface area contributed by atoms with Crippen molar-refractivity contribution in [2.24, 2.45) is 0 Å². The van der Waals surface area contributed by atoms with Crippen LogP contribution in [0.4, 0.5) is 0 Å². The van der Waals surface area contributed by atoms with E-state index in [4.69, 9.17) is 0 Å². The molecule has 0 aliphatic carbocycles. The first-order valence-corrected chi connectivity index (χ1v) is 7.60. The molecule has 1 heterocycles. The molecule has 3 nitrogen and oxygen atoms in total. The van der Waals surface area contributed by atoms with Crippen LogP contribution in [-0.4, -0.2) is 16.4 Å². The van der Waals surface area contributed by atoms with Crippen LogP contribution < -0.4 is 5.32 Å². The van der Waals surface area contributed by atoms with Crippen molar-refractivity contribution in [3.63, 3.8) is 0 Å². The Labute approximate surface area is 116 Å². The second-order valence-corrected chi connectivity index (χ2v) is 6.02. The van der Waals surface area contributed by atoms with Gasteiger partial charge in [0.2, 0.25) is 0 Å². The Morgan fingerprint density at radius 1 is 1.39 bits per heavy atom. The monoisotopic (exact) mass is 279 g/mol. The summed E-state index contributed by atoms with van der Waals surface area (Å²) in [5.41, 5.74) is 1.30. The lowest BCUT2D eigenvalue weighted by Crippen LogP contribution is -2.12. The van der Waals surface area contributed by atoms with Gasteiger partial charge in [-0.15, -0.1) is 0 Å². The highest BCUT2D eigenvalue weighted by Crippen LogP contribution is 2.33. The molecule has 18 heavy (non-hydrogen) atoms. The van der Waals surface area contributed by atoms with E-state index < -0.39 is 0 Å². The molecule has 0 saturated carbocycles. The maximum atomic E-state index is 4.50. The maximum absolute atomic E-state index is 4.50. The molecule has 0 aliphatic rings. The van der Waals surface area contributed by atoms with E-state index in [-0.39, 0.29) is 0 Å². The lowest BCUT2D eigenvalue weighted by molar-refractivity contribution is 0.641. The lowest BCUT2D eigenvalue weighted by Gasteiger charge is -2.14. The molecule has 0 saturated heterocycles. The fourth-order valence-electron chi connectivity index (χ4n) is 1.60. The van der Waals surface area contributed by atoms with E-state index in [0.717, 1.165) is 16.6 Å². The molecule has 1 N–H and O–H groups in total. The average Bonchev–Trinajstić information content (AvgIpc) is 2.86. The third-order valence-electron chi connectivity index (χ3n) is 2.78. The van der Waals surface area contributed by atoms with Gasteiger partial charge in [0, 0.05) is 17.4 Å². The lowest BCUT2D eigenvalue weighted by atomic mass is 10.1. The van der Waals surface area contributed by atoms with Gasteiger partial charge < -0.3 is 5.32 Å². The minimum atomic E-state index is 0.340. The summed E-state index contributed by atoms with van der Waals surface area (Å²) < 4.78 is 5.34. The molecule has 2 rings (SSSR count). The van der Waals surface area contributed by atoms with E-state index in [1.165, 1.54) is 22.0 Å². The van der Waals surface area contributed by atoms with Gasteiger partial charge >= 0.3 is 0 Å². The predicted molar refractivity (Wildman–Crippen MR) is 77.3 cm³/mol. The van der Waals surface area contributed by atoms with Gasteiger partial charge in [-0.25, -0.2) is 4.98 Å². The van der Waals surface area contributed by atoms with Gasteiger partial charge in [0.05, 0.1) is 0 Å². The molecule has 0 spiro atoms. The molecule has 1 atom stereocenters. The molecular formula is C13H17N3S2. The Morgan fingerprint density at radius 2 is 2.17 bits per heavy atom. The van der Waals surface area contributed by atoms with E-state index in [1.54, 1.807) is 11.8 Å². The minimum Gasteiger partial charge on any atom is -0.313 e. The molecule has 0 aliphatic heterocycles. The first-order valence-electron chi connectivity index (χ1n) is 6.01. The molecule has 5 heteroatoms. The van der Waals surface area contributed by atoms with E-state index in [0.29, 0.717) is 6.04 Å². The van der Waals surface area contributed by atoms with Gasteiger partial charge in [-0.05, 0) is 37.1 Å². The Bertz CT molecular complexity index is 510. The summed E-state index contributed by atoms with van der Waals surface area (Å²) in [6, 6.07) is 8.78. The summed E-state index contributed by atoms with van der Waals surface area (Å²) in [7, 11) is 1.98. The van der Waals surface area contributed by atoms with Crippen molar-refractivity contribution < 1.29 is 0 Å². The zero-order chi connectivity index (χ0) is 13.0. The number of nitrogens with zero attached hydrogens (tertiary/aromatic N) is 2. The quantitative estimate of drug-likeness (QED) is 0.908. The van der Waals surface area contributed by atoms with Crippen molar-refractivity contribution in [2.45, 2.75) is 35.5 Å². The second kappa shape index (κ2) is 6.31.